The van der Waals surface area contributed by atoms with Crippen LogP contribution in [0, 0.1) is 6.92 Å². The first-order chi connectivity index (χ1) is 8.56. The van der Waals surface area contributed by atoms with E-state index in [4.69, 9.17) is 16.7 Å². The van der Waals surface area contributed by atoms with Gasteiger partial charge in [0.25, 0.3) is 0 Å². The molecule has 0 aliphatic heterocycles. The molecule has 0 aliphatic rings. The Morgan fingerprint density at radius 2 is 2.06 bits per heavy atom. The number of aliphatic carboxylic acids is 1. The van der Waals surface area contributed by atoms with E-state index in [1.807, 2.05) is 25.3 Å². The Morgan fingerprint density at radius 3 is 2.67 bits per heavy atom. The van der Waals surface area contributed by atoms with E-state index in [1.165, 1.54) is 0 Å². The molecule has 1 aromatic heterocycles. The highest BCUT2D eigenvalue weighted by Gasteiger charge is 2.08. The van der Waals surface area contributed by atoms with Crippen molar-refractivity contribution in [3.05, 3.63) is 46.7 Å². The molecule has 0 amide bonds. The van der Waals surface area contributed by atoms with E-state index in [-0.39, 0.29) is 6.42 Å². The van der Waals surface area contributed by atoms with Crippen molar-refractivity contribution in [2.24, 2.45) is 0 Å². The molecule has 0 atom stereocenters. The summed E-state index contributed by atoms with van der Waals surface area (Å²) in [5.74, 6) is -0.798. The number of halogens is 1. The van der Waals surface area contributed by atoms with Crippen LogP contribution in [0.15, 0.2) is 30.5 Å². The van der Waals surface area contributed by atoms with Gasteiger partial charge in [0.1, 0.15) is 0 Å². The lowest BCUT2D eigenvalue weighted by Crippen LogP contribution is -1.97. The summed E-state index contributed by atoms with van der Waals surface area (Å²) < 4.78 is 1.74. The molecule has 0 saturated heterocycles. The monoisotopic (exact) mass is 264 g/mol. The fourth-order valence-electron chi connectivity index (χ4n) is 1.71. The smallest absolute Gasteiger partial charge is 0.303 e. The SMILES string of the molecule is Cc1nn(-c2ccc(Cl)cc2)cc1CCC(=O)O. The Labute approximate surface area is 110 Å². The molecule has 0 spiro atoms. The van der Waals surface area contributed by atoms with Gasteiger partial charge in [-0.2, -0.15) is 5.10 Å². The zero-order valence-corrected chi connectivity index (χ0v) is 10.7. The van der Waals surface area contributed by atoms with Gasteiger partial charge in [-0.3, -0.25) is 4.79 Å². The molecule has 4 nitrogen and oxygen atoms in total. The Morgan fingerprint density at radius 1 is 1.39 bits per heavy atom. The Bertz CT molecular complexity index is 561. The number of aromatic nitrogens is 2. The maximum atomic E-state index is 10.6. The summed E-state index contributed by atoms with van der Waals surface area (Å²) >= 11 is 5.83. The summed E-state index contributed by atoms with van der Waals surface area (Å²) in [6.45, 7) is 1.88. The molecular weight excluding hydrogens is 252 g/mol. The first kappa shape index (κ1) is 12.6. The van der Waals surface area contributed by atoms with Gasteiger partial charge in [-0.05, 0) is 43.2 Å². The summed E-state index contributed by atoms with van der Waals surface area (Å²) in [6, 6.07) is 7.33. The third-order valence-corrected chi connectivity index (χ3v) is 2.95. The lowest BCUT2D eigenvalue weighted by molar-refractivity contribution is -0.136. The number of carboxylic acid groups (broad SMARTS) is 1. The number of hydrogen-bond acceptors (Lipinski definition) is 2. The molecule has 0 fully saturated rings. The zero-order chi connectivity index (χ0) is 13.1. The highest BCUT2D eigenvalue weighted by atomic mass is 35.5. The fourth-order valence-corrected chi connectivity index (χ4v) is 1.83. The minimum Gasteiger partial charge on any atom is -0.481 e. The van der Waals surface area contributed by atoms with E-state index in [0.717, 1.165) is 16.9 Å². The van der Waals surface area contributed by atoms with Crippen molar-refractivity contribution < 1.29 is 9.90 Å². The molecule has 5 heteroatoms. The van der Waals surface area contributed by atoms with Crippen molar-refractivity contribution in [3.8, 4) is 5.69 Å². The van der Waals surface area contributed by atoms with E-state index >= 15 is 0 Å². The maximum absolute atomic E-state index is 10.6. The van der Waals surface area contributed by atoms with Gasteiger partial charge in [-0.25, -0.2) is 4.68 Å². The molecule has 0 radical (unpaired) electrons. The number of carbonyl (C=O) groups is 1. The number of nitrogens with zero attached hydrogens (tertiary/aromatic N) is 2. The molecule has 0 aliphatic carbocycles. The van der Waals surface area contributed by atoms with Crippen LogP contribution in [0.3, 0.4) is 0 Å². The third-order valence-electron chi connectivity index (χ3n) is 2.70. The summed E-state index contributed by atoms with van der Waals surface area (Å²) in [7, 11) is 0. The largest absolute Gasteiger partial charge is 0.481 e. The maximum Gasteiger partial charge on any atom is 0.303 e. The van der Waals surface area contributed by atoms with Crippen LogP contribution < -0.4 is 0 Å². The average Bonchev–Trinajstić information content (AvgIpc) is 2.69. The predicted octanol–water partition coefficient (Wildman–Crippen LogP) is 2.85. The zero-order valence-electron chi connectivity index (χ0n) is 9.93. The third kappa shape index (κ3) is 2.90. The van der Waals surface area contributed by atoms with Gasteiger partial charge in [0.2, 0.25) is 0 Å². The van der Waals surface area contributed by atoms with Crippen LogP contribution in [-0.2, 0) is 11.2 Å². The molecule has 1 aromatic carbocycles. The molecule has 1 N–H and O–H groups in total. The van der Waals surface area contributed by atoms with Crippen LogP contribution in [0.2, 0.25) is 5.02 Å². The molecule has 2 aromatic rings. The molecular formula is C13H13ClN2O2. The second kappa shape index (κ2) is 5.23. The highest BCUT2D eigenvalue weighted by molar-refractivity contribution is 6.30. The number of carboxylic acids is 1. The first-order valence-corrected chi connectivity index (χ1v) is 5.97. The molecule has 0 bridgehead atoms. The van der Waals surface area contributed by atoms with Gasteiger partial charge in [-0.1, -0.05) is 11.6 Å². The van der Waals surface area contributed by atoms with E-state index in [1.54, 1.807) is 16.8 Å². The molecule has 1 heterocycles. The van der Waals surface area contributed by atoms with Crippen LogP contribution in [0.1, 0.15) is 17.7 Å². The number of rotatable bonds is 4. The minimum atomic E-state index is -0.798. The fraction of sp³-hybridized carbons (Fsp3) is 0.231. The Kier molecular flexibility index (Phi) is 3.67. The summed E-state index contributed by atoms with van der Waals surface area (Å²) in [4.78, 5) is 10.6. The second-order valence-corrected chi connectivity index (χ2v) is 4.49. The van der Waals surface area contributed by atoms with E-state index in [9.17, 15) is 4.79 Å². The first-order valence-electron chi connectivity index (χ1n) is 5.59. The lowest BCUT2D eigenvalue weighted by Gasteiger charge is -2.00. The minimum absolute atomic E-state index is 0.118. The Hall–Kier alpha value is -1.81. The average molecular weight is 265 g/mol. The normalized spacial score (nSPS) is 10.6. The number of benzene rings is 1. The molecule has 18 heavy (non-hydrogen) atoms. The number of hydrogen-bond donors (Lipinski definition) is 1. The van der Waals surface area contributed by atoms with E-state index in [0.29, 0.717) is 11.4 Å². The molecule has 94 valence electrons. The van der Waals surface area contributed by atoms with Crippen molar-refractivity contribution in [3.63, 3.8) is 0 Å². The topological polar surface area (TPSA) is 55.1 Å². The van der Waals surface area contributed by atoms with Crippen LogP contribution in [0.5, 0.6) is 0 Å². The van der Waals surface area contributed by atoms with E-state index in [2.05, 4.69) is 5.10 Å². The van der Waals surface area contributed by atoms with Crippen molar-refractivity contribution >= 4 is 17.6 Å². The van der Waals surface area contributed by atoms with Crippen molar-refractivity contribution in [1.29, 1.82) is 0 Å². The van der Waals surface area contributed by atoms with Crippen LogP contribution in [0.4, 0.5) is 0 Å². The standard InChI is InChI=1S/C13H13ClN2O2/c1-9-10(2-7-13(17)18)8-16(15-9)12-5-3-11(14)4-6-12/h3-6,8H,2,7H2,1H3,(H,17,18). The van der Waals surface area contributed by atoms with Crippen molar-refractivity contribution in [1.82, 2.24) is 9.78 Å². The van der Waals surface area contributed by atoms with Gasteiger partial charge in [0.15, 0.2) is 0 Å². The van der Waals surface area contributed by atoms with Crippen LogP contribution in [0.25, 0.3) is 5.69 Å². The van der Waals surface area contributed by atoms with Gasteiger partial charge < -0.3 is 5.11 Å². The van der Waals surface area contributed by atoms with Crippen molar-refractivity contribution in [2.45, 2.75) is 19.8 Å². The quantitative estimate of drug-likeness (QED) is 0.924. The second-order valence-electron chi connectivity index (χ2n) is 4.05. The summed E-state index contributed by atoms with van der Waals surface area (Å²) in [5, 5.41) is 13.7. The number of aryl methyl sites for hydroxylation is 2. The van der Waals surface area contributed by atoms with Gasteiger partial charge in [-0.15, -0.1) is 0 Å². The summed E-state index contributed by atoms with van der Waals surface area (Å²) in [6.07, 6.45) is 2.48. The van der Waals surface area contributed by atoms with Gasteiger partial charge in [0.05, 0.1) is 11.4 Å². The molecule has 2 rings (SSSR count). The Balaban J connectivity index is 2.22. The summed E-state index contributed by atoms with van der Waals surface area (Å²) in [5.41, 5.74) is 2.71. The lowest BCUT2D eigenvalue weighted by atomic mass is 10.1. The van der Waals surface area contributed by atoms with Gasteiger partial charge >= 0.3 is 5.97 Å². The van der Waals surface area contributed by atoms with E-state index < -0.39 is 5.97 Å². The highest BCUT2D eigenvalue weighted by Crippen LogP contribution is 2.16. The molecule has 0 unspecified atom stereocenters. The van der Waals surface area contributed by atoms with Crippen molar-refractivity contribution in [2.75, 3.05) is 0 Å². The molecule has 0 saturated carbocycles. The van der Waals surface area contributed by atoms with Gasteiger partial charge in [0, 0.05) is 17.6 Å². The van der Waals surface area contributed by atoms with Crippen LogP contribution >= 0.6 is 11.6 Å². The van der Waals surface area contributed by atoms with Crippen LogP contribution in [-0.4, -0.2) is 20.9 Å². The predicted molar refractivity (Wildman–Crippen MR) is 69.3 cm³/mol.